The minimum atomic E-state index is -3.09. The number of hydrogen-bond donors (Lipinski definition) is 2. The Balaban J connectivity index is 1.73. The number of aryl methyl sites for hydroxylation is 1. The Kier molecular flexibility index (Phi) is 8.09. The predicted molar refractivity (Wildman–Crippen MR) is 152 cm³/mol. The van der Waals surface area contributed by atoms with Gasteiger partial charge in [-0.25, -0.2) is 22.7 Å². The first kappa shape index (κ1) is 31.3. The summed E-state index contributed by atoms with van der Waals surface area (Å²) < 4.78 is 68.1. The molecule has 0 unspecified atom stereocenters. The van der Waals surface area contributed by atoms with Gasteiger partial charge in [-0.15, -0.1) is 0 Å². The van der Waals surface area contributed by atoms with Crippen LogP contribution in [0.4, 0.5) is 23.7 Å². The highest BCUT2D eigenvalue weighted by Crippen LogP contribution is 2.48. The number of halogens is 3. The average Bonchev–Trinajstić information content (AvgIpc) is 3.27. The first-order chi connectivity index (χ1) is 19.4. The number of anilines is 1. The molecule has 2 aromatic rings. The molecule has 2 amide bonds. The van der Waals surface area contributed by atoms with Crippen LogP contribution in [0.15, 0.2) is 39.8 Å². The van der Waals surface area contributed by atoms with Crippen molar-refractivity contribution < 1.29 is 36.4 Å². The molecule has 3 heterocycles. The van der Waals surface area contributed by atoms with Gasteiger partial charge in [0.05, 0.1) is 21.2 Å². The molecule has 2 N–H and O–H groups in total. The number of carbonyl (C=O) groups is 2. The van der Waals surface area contributed by atoms with Gasteiger partial charge < -0.3 is 14.8 Å². The summed E-state index contributed by atoms with van der Waals surface area (Å²) in [5, 5.41) is 4.58. The zero-order valence-electron chi connectivity index (χ0n) is 24.4. The third kappa shape index (κ3) is 5.81. The van der Waals surface area contributed by atoms with Gasteiger partial charge in [-0.05, 0) is 84.7 Å². The number of pyridine rings is 1. The number of aliphatic imine (C=N–C) groups is 1. The van der Waals surface area contributed by atoms with E-state index in [9.17, 15) is 22.6 Å². The number of alkyl carbamates (subject to hydrolysis) is 1. The molecular weight excluding hydrogens is 575 g/mol. The zero-order chi connectivity index (χ0) is 31.3. The number of rotatable bonds is 5. The van der Waals surface area contributed by atoms with Gasteiger partial charge in [0.1, 0.15) is 39.0 Å². The normalized spacial score (nSPS) is 24.7. The molecule has 0 bridgehead atoms. The summed E-state index contributed by atoms with van der Waals surface area (Å²) in [4.78, 5) is 34.5. The van der Waals surface area contributed by atoms with E-state index in [4.69, 9.17) is 9.73 Å². The van der Waals surface area contributed by atoms with Crippen LogP contribution in [0, 0.1) is 12.7 Å². The Morgan fingerprint density at radius 2 is 1.83 bits per heavy atom. The lowest BCUT2D eigenvalue weighted by molar-refractivity contribution is -0.0501. The van der Waals surface area contributed by atoms with Crippen LogP contribution in [0.25, 0.3) is 0 Å². The van der Waals surface area contributed by atoms with Crippen molar-refractivity contribution in [3.05, 3.63) is 53.1 Å². The molecule has 0 saturated carbocycles. The number of amides is 2. The van der Waals surface area contributed by atoms with Crippen molar-refractivity contribution in [3.63, 3.8) is 0 Å². The van der Waals surface area contributed by atoms with Crippen molar-refractivity contribution >= 4 is 33.3 Å². The number of aromatic nitrogens is 1. The number of hydrogen-bond acceptors (Lipinski definition) is 8. The number of ether oxygens (including phenoxy) is 2. The van der Waals surface area contributed by atoms with E-state index in [0.717, 1.165) is 12.3 Å². The molecule has 0 fully saturated rings. The Bertz CT molecular complexity index is 1580. The Morgan fingerprint density at radius 1 is 1.14 bits per heavy atom. The molecule has 1 aromatic heterocycles. The van der Waals surface area contributed by atoms with Crippen LogP contribution in [-0.4, -0.2) is 55.8 Å². The fraction of sp³-hybridized carbons (Fsp3) is 0.500. The topological polar surface area (TPSA) is 131 Å². The smallest absolute Gasteiger partial charge is 0.413 e. The minimum absolute atomic E-state index is 0.0412. The molecular formula is C28H34F3N5O5S. The Hall–Kier alpha value is -3.68. The van der Waals surface area contributed by atoms with Crippen LogP contribution >= 0.6 is 0 Å². The number of amidine groups is 1. The third-order valence-corrected chi connectivity index (χ3v) is 10.9. The second-order valence-corrected chi connectivity index (χ2v) is 14.8. The summed E-state index contributed by atoms with van der Waals surface area (Å²) >= 11 is 0. The lowest BCUT2D eigenvalue weighted by atomic mass is 9.85. The summed E-state index contributed by atoms with van der Waals surface area (Å²) in [6.45, 7) is 8.81. The number of carbonyl (C=O) groups excluding carboxylic acids is 2. The highest BCUT2D eigenvalue weighted by molar-refractivity contribution is 7.96. The third-order valence-electron chi connectivity index (χ3n) is 7.21. The molecule has 4 rings (SSSR count). The van der Waals surface area contributed by atoms with Gasteiger partial charge in [0, 0.05) is 17.8 Å². The van der Waals surface area contributed by atoms with Gasteiger partial charge in [-0.2, -0.15) is 8.78 Å². The van der Waals surface area contributed by atoms with E-state index in [-0.39, 0.29) is 40.6 Å². The van der Waals surface area contributed by atoms with Crippen molar-refractivity contribution in [3.8, 4) is 5.75 Å². The zero-order valence-corrected chi connectivity index (χ0v) is 25.2. The lowest BCUT2D eigenvalue weighted by Crippen LogP contribution is -2.60. The number of fused-ring (bicyclic) bond motifs is 1. The minimum Gasteiger partial charge on any atom is -0.444 e. The summed E-state index contributed by atoms with van der Waals surface area (Å²) in [6.07, 6.45) is 0.572. The van der Waals surface area contributed by atoms with E-state index in [1.54, 1.807) is 41.5 Å². The first-order valence-corrected chi connectivity index (χ1v) is 14.8. The van der Waals surface area contributed by atoms with Crippen LogP contribution in [0.2, 0.25) is 0 Å². The maximum atomic E-state index is 15.6. The number of nitrogens with zero attached hydrogens (tertiary/aromatic N) is 3. The van der Waals surface area contributed by atoms with Crippen molar-refractivity contribution in [1.82, 2.24) is 10.3 Å². The van der Waals surface area contributed by atoms with E-state index in [1.807, 2.05) is 0 Å². The van der Waals surface area contributed by atoms with E-state index in [0.29, 0.717) is 6.42 Å². The van der Waals surface area contributed by atoms with E-state index in [1.165, 1.54) is 25.1 Å². The molecule has 0 spiro atoms. The summed E-state index contributed by atoms with van der Waals surface area (Å²) in [5.74, 6) is -1.48. The van der Waals surface area contributed by atoms with Crippen LogP contribution in [0.5, 0.6) is 5.75 Å². The maximum Gasteiger partial charge on any atom is 0.413 e. The fourth-order valence-corrected chi connectivity index (χ4v) is 8.38. The molecule has 2 aliphatic rings. The van der Waals surface area contributed by atoms with Crippen LogP contribution in [0.1, 0.15) is 69.6 Å². The molecule has 14 heteroatoms. The van der Waals surface area contributed by atoms with Crippen molar-refractivity contribution in [2.45, 2.75) is 82.6 Å². The number of nitrogens with one attached hydrogen (secondary N) is 2. The molecule has 1 aromatic carbocycles. The predicted octanol–water partition coefficient (Wildman–Crippen LogP) is 5.55. The monoisotopic (exact) mass is 609 g/mol. The Labute approximate surface area is 242 Å². The summed E-state index contributed by atoms with van der Waals surface area (Å²) in [5.41, 5.74) is -1.78. The quantitative estimate of drug-likeness (QED) is 0.457. The molecule has 228 valence electrons. The van der Waals surface area contributed by atoms with Gasteiger partial charge in [0.15, 0.2) is 0 Å². The summed E-state index contributed by atoms with van der Waals surface area (Å²) in [6, 6.07) is 5.14. The van der Waals surface area contributed by atoms with Crippen molar-refractivity contribution in [1.29, 1.82) is 0 Å². The molecule has 0 saturated heterocycles. The Morgan fingerprint density at radius 3 is 2.45 bits per heavy atom. The van der Waals surface area contributed by atoms with Crippen molar-refractivity contribution in [2.75, 3.05) is 11.9 Å². The van der Waals surface area contributed by atoms with Crippen LogP contribution in [0.3, 0.4) is 0 Å². The second-order valence-electron chi connectivity index (χ2n) is 11.8. The highest BCUT2D eigenvalue weighted by Gasteiger charge is 2.57. The van der Waals surface area contributed by atoms with Gasteiger partial charge in [-0.3, -0.25) is 15.1 Å². The number of benzene rings is 1. The van der Waals surface area contributed by atoms with Gasteiger partial charge >= 0.3 is 12.7 Å². The van der Waals surface area contributed by atoms with E-state index >= 15 is 4.39 Å². The SMILES string of the molecule is Cc1cc(OC(F)F)cnc1C(=O)Nc1ccc(F)c([C@@]2(C)N=C(NC(=O)OC(C)(C)C)C(C)(C)[S@@]3(=O)=NCC[C@@H]23)c1. The molecule has 0 radical (unpaired) electrons. The second kappa shape index (κ2) is 10.9. The van der Waals surface area contributed by atoms with Gasteiger partial charge in [0.25, 0.3) is 5.91 Å². The van der Waals surface area contributed by atoms with Crippen LogP contribution < -0.4 is 15.4 Å². The van der Waals surface area contributed by atoms with Gasteiger partial charge in [0.2, 0.25) is 0 Å². The first-order valence-electron chi connectivity index (χ1n) is 13.2. The van der Waals surface area contributed by atoms with Crippen molar-refractivity contribution in [2.24, 2.45) is 9.36 Å². The maximum absolute atomic E-state index is 15.6. The molecule has 3 atom stereocenters. The fourth-order valence-electron chi connectivity index (χ4n) is 5.19. The van der Waals surface area contributed by atoms with Crippen LogP contribution in [-0.2, 0) is 20.0 Å². The number of alkyl halides is 2. The van der Waals surface area contributed by atoms with Gasteiger partial charge in [-0.1, -0.05) is 0 Å². The molecule has 2 aliphatic heterocycles. The lowest BCUT2D eigenvalue weighted by Gasteiger charge is -2.45. The standard InChI is InChI=1S/C28H34F3N5O5S/c1-15-12-17(40-24(30)31)14-32-21(15)22(37)34-16-8-9-19(29)18(13-16)28(7)20-10-11-33-42(20,39)27(5,6)23(36-28)35-25(38)41-26(2,3)4/h8-9,12-14,20,24H,10-11H2,1-7H3,(H,34,37)(H,35,36,38)/t20-,28+,42+/m0/s1. The highest BCUT2D eigenvalue weighted by atomic mass is 32.2. The molecule has 42 heavy (non-hydrogen) atoms. The molecule has 10 nitrogen and oxygen atoms in total. The summed E-state index contributed by atoms with van der Waals surface area (Å²) in [7, 11) is -3.09. The average molecular weight is 610 g/mol. The van der Waals surface area contributed by atoms with E-state index < -0.39 is 55.3 Å². The molecule has 0 aliphatic carbocycles. The largest absolute Gasteiger partial charge is 0.444 e. The van der Waals surface area contributed by atoms with E-state index in [2.05, 4.69) is 24.7 Å².